The molecule has 2 fully saturated rings. The molecule has 10 heteroatoms. The van der Waals surface area contributed by atoms with Gasteiger partial charge in [0.05, 0.1) is 12.5 Å². The molecule has 0 saturated carbocycles. The molecule has 1 aromatic carbocycles. The lowest BCUT2D eigenvalue weighted by molar-refractivity contribution is -0.136. The van der Waals surface area contributed by atoms with Gasteiger partial charge >= 0.3 is 0 Å². The van der Waals surface area contributed by atoms with Crippen LogP contribution >= 0.6 is 11.6 Å². The number of benzene rings is 1. The number of piperazine rings is 1. The van der Waals surface area contributed by atoms with E-state index in [0.717, 1.165) is 29.9 Å². The van der Waals surface area contributed by atoms with Gasteiger partial charge in [0.1, 0.15) is 12.0 Å². The molecule has 186 valence electrons. The number of carbonyl (C=O) groups is 2. The number of aromatic nitrogens is 2. The Balaban J connectivity index is 1.39. The Bertz CT molecular complexity index is 1100. The van der Waals surface area contributed by atoms with Crippen LogP contribution in [0.25, 0.3) is 0 Å². The number of amides is 2. The van der Waals surface area contributed by atoms with Crippen molar-refractivity contribution < 1.29 is 9.59 Å². The Morgan fingerprint density at radius 3 is 2.51 bits per heavy atom. The highest BCUT2D eigenvalue weighted by Gasteiger charge is 2.45. The summed E-state index contributed by atoms with van der Waals surface area (Å²) in [5.74, 6) is 1.18. The molecule has 3 atom stereocenters. The molecule has 2 saturated heterocycles. The minimum Gasteiger partial charge on any atom is -0.359 e. The Labute approximate surface area is 210 Å². The first-order chi connectivity index (χ1) is 16.8. The summed E-state index contributed by atoms with van der Waals surface area (Å²) in [5, 5.41) is 6.98. The van der Waals surface area contributed by atoms with E-state index in [9.17, 15) is 9.59 Å². The Kier molecular flexibility index (Phi) is 6.55. The average Bonchev–Trinajstić information content (AvgIpc) is 3.08. The van der Waals surface area contributed by atoms with Crippen LogP contribution < -0.4 is 20.4 Å². The number of fused-ring (bicyclic) bond motifs is 3. The number of anilines is 3. The second-order valence-corrected chi connectivity index (χ2v) is 10.4. The third-order valence-electron chi connectivity index (χ3n) is 7.16. The molecule has 0 radical (unpaired) electrons. The average molecular weight is 498 g/mol. The molecule has 2 amide bonds. The molecule has 5 rings (SSSR count). The molecule has 2 aromatic rings. The zero-order chi connectivity index (χ0) is 24.7. The zero-order valence-electron chi connectivity index (χ0n) is 20.4. The minimum atomic E-state index is -0.266. The van der Waals surface area contributed by atoms with Gasteiger partial charge in [0.2, 0.25) is 11.8 Å². The van der Waals surface area contributed by atoms with Crippen molar-refractivity contribution in [3.63, 3.8) is 0 Å². The van der Waals surface area contributed by atoms with Crippen LogP contribution in [0.3, 0.4) is 0 Å². The lowest BCUT2D eigenvalue weighted by atomic mass is 9.95. The van der Waals surface area contributed by atoms with Crippen molar-refractivity contribution in [3.8, 4) is 0 Å². The predicted molar refractivity (Wildman–Crippen MR) is 137 cm³/mol. The molecule has 9 nitrogen and oxygen atoms in total. The molecular weight excluding hydrogens is 466 g/mol. The topological polar surface area (TPSA) is 93.7 Å². The molecule has 35 heavy (non-hydrogen) atoms. The molecule has 1 aromatic heterocycles. The summed E-state index contributed by atoms with van der Waals surface area (Å²) in [6.45, 7) is 6.45. The van der Waals surface area contributed by atoms with Crippen molar-refractivity contribution >= 4 is 40.7 Å². The number of carbonyl (C=O) groups excluding carboxylic acids is 2. The normalized spacial score (nSPS) is 22.3. The first-order valence-corrected chi connectivity index (χ1v) is 12.6. The third kappa shape index (κ3) is 4.67. The second kappa shape index (κ2) is 9.62. The summed E-state index contributed by atoms with van der Waals surface area (Å²) in [5.41, 5.74) is 1.82. The maximum absolute atomic E-state index is 14.0. The Morgan fingerprint density at radius 1 is 1.17 bits per heavy atom. The number of rotatable bonds is 6. The molecule has 0 aliphatic carbocycles. The van der Waals surface area contributed by atoms with Gasteiger partial charge in [-0.15, -0.1) is 0 Å². The Hall–Kier alpha value is -2.91. The second-order valence-electron chi connectivity index (χ2n) is 10.0. The number of likely N-dealkylation sites (N-methyl/N-ethyl adjacent to an activating group) is 1. The number of hydrogen-bond acceptors (Lipinski definition) is 7. The summed E-state index contributed by atoms with van der Waals surface area (Å²) in [7, 11) is 1.89. The van der Waals surface area contributed by atoms with Crippen molar-refractivity contribution in [2.24, 2.45) is 0 Å². The summed E-state index contributed by atoms with van der Waals surface area (Å²) in [6, 6.07) is 8.14. The highest BCUT2D eigenvalue weighted by Crippen LogP contribution is 2.40. The van der Waals surface area contributed by atoms with Crippen molar-refractivity contribution in [2.75, 3.05) is 48.3 Å². The van der Waals surface area contributed by atoms with Crippen molar-refractivity contribution in [2.45, 2.75) is 50.7 Å². The van der Waals surface area contributed by atoms with Crippen LogP contribution in [-0.2, 0) is 9.59 Å². The van der Waals surface area contributed by atoms with Gasteiger partial charge < -0.3 is 25.3 Å². The van der Waals surface area contributed by atoms with Crippen LogP contribution in [0.15, 0.2) is 30.6 Å². The summed E-state index contributed by atoms with van der Waals surface area (Å²) in [6.07, 6.45) is 3.44. The van der Waals surface area contributed by atoms with Gasteiger partial charge in [0.15, 0.2) is 11.6 Å². The fourth-order valence-electron chi connectivity index (χ4n) is 5.52. The summed E-state index contributed by atoms with van der Waals surface area (Å²) in [4.78, 5) is 41.1. The van der Waals surface area contributed by atoms with Crippen molar-refractivity contribution in [1.29, 1.82) is 0 Å². The van der Waals surface area contributed by atoms with Crippen LogP contribution in [0.2, 0.25) is 5.02 Å². The highest BCUT2D eigenvalue weighted by molar-refractivity contribution is 6.30. The van der Waals surface area contributed by atoms with E-state index in [2.05, 4.69) is 44.2 Å². The SMILES string of the molecule is CC(C)NCC(C(=O)N1C2CCC1CN(c1ncnc3c1N(C)CC(=O)N3)C2)c1ccc(Cl)cc1. The number of nitrogens with zero attached hydrogens (tertiary/aromatic N) is 5. The number of nitrogens with one attached hydrogen (secondary N) is 2. The molecular formula is C25H32ClN7O2. The van der Waals surface area contributed by atoms with Crippen molar-refractivity contribution in [3.05, 3.63) is 41.2 Å². The summed E-state index contributed by atoms with van der Waals surface area (Å²) >= 11 is 6.12. The zero-order valence-corrected chi connectivity index (χ0v) is 21.1. The minimum absolute atomic E-state index is 0.0802. The molecule has 2 bridgehead atoms. The largest absolute Gasteiger partial charge is 0.359 e. The van der Waals surface area contributed by atoms with Gasteiger partial charge in [-0.25, -0.2) is 9.97 Å². The fourth-order valence-corrected chi connectivity index (χ4v) is 5.65. The lowest BCUT2D eigenvalue weighted by Crippen LogP contribution is -2.58. The first kappa shape index (κ1) is 23.8. The highest BCUT2D eigenvalue weighted by atomic mass is 35.5. The van der Waals surface area contributed by atoms with Crippen LogP contribution in [-0.4, -0.2) is 78.0 Å². The van der Waals surface area contributed by atoms with Gasteiger partial charge in [-0.2, -0.15) is 0 Å². The third-order valence-corrected chi connectivity index (χ3v) is 7.41. The molecule has 3 aliphatic heterocycles. The standard InChI is InChI=1S/C25H32ClN7O2/c1-15(2)27-10-20(16-4-6-17(26)7-5-16)25(35)33-18-8-9-19(33)12-32(11-18)24-22-23(28-14-29-24)30-21(34)13-31(22)3/h4-7,14-15,18-20,27H,8-13H2,1-3H3,(H,28,29,30,34). The van der Waals surface area contributed by atoms with E-state index in [1.807, 2.05) is 36.2 Å². The van der Waals surface area contributed by atoms with Crippen LogP contribution in [0.4, 0.5) is 17.3 Å². The van der Waals surface area contributed by atoms with Gasteiger partial charge in [-0.1, -0.05) is 37.6 Å². The van der Waals surface area contributed by atoms with E-state index in [0.29, 0.717) is 30.5 Å². The molecule has 2 N–H and O–H groups in total. The molecule has 0 spiro atoms. The van der Waals surface area contributed by atoms with E-state index in [4.69, 9.17) is 11.6 Å². The van der Waals surface area contributed by atoms with E-state index in [1.165, 1.54) is 6.33 Å². The fraction of sp³-hybridized carbons (Fsp3) is 0.520. The summed E-state index contributed by atoms with van der Waals surface area (Å²) < 4.78 is 0. The van der Waals surface area contributed by atoms with E-state index in [-0.39, 0.29) is 42.4 Å². The first-order valence-electron chi connectivity index (χ1n) is 12.2. The van der Waals surface area contributed by atoms with Gasteiger partial charge in [0, 0.05) is 49.8 Å². The quantitative estimate of drug-likeness (QED) is 0.633. The maximum atomic E-state index is 14.0. The maximum Gasteiger partial charge on any atom is 0.245 e. The van der Waals surface area contributed by atoms with Crippen molar-refractivity contribution in [1.82, 2.24) is 20.2 Å². The van der Waals surface area contributed by atoms with E-state index in [1.54, 1.807) is 0 Å². The van der Waals surface area contributed by atoms with Gasteiger partial charge in [-0.05, 0) is 30.5 Å². The van der Waals surface area contributed by atoms with Crippen LogP contribution in [0, 0.1) is 0 Å². The van der Waals surface area contributed by atoms with Crippen LogP contribution in [0.1, 0.15) is 38.2 Å². The molecule has 4 heterocycles. The number of halogens is 1. The lowest BCUT2D eigenvalue weighted by Gasteiger charge is -2.44. The van der Waals surface area contributed by atoms with Crippen LogP contribution in [0.5, 0.6) is 0 Å². The molecule has 3 aliphatic rings. The van der Waals surface area contributed by atoms with E-state index < -0.39 is 0 Å². The predicted octanol–water partition coefficient (Wildman–Crippen LogP) is 2.48. The van der Waals surface area contributed by atoms with Gasteiger partial charge in [-0.3, -0.25) is 9.59 Å². The monoisotopic (exact) mass is 497 g/mol. The van der Waals surface area contributed by atoms with E-state index >= 15 is 0 Å². The van der Waals surface area contributed by atoms with Gasteiger partial charge in [0.25, 0.3) is 0 Å². The number of hydrogen-bond donors (Lipinski definition) is 2. The Morgan fingerprint density at radius 2 is 1.86 bits per heavy atom. The molecule has 3 unspecified atom stereocenters. The smallest absolute Gasteiger partial charge is 0.245 e.